The Morgan fingerprint density at radius 2 is 2.33 bits per heavy atom. The molecule has 1 N–H and O–H groups in total. The minimum Gasteiger partial charge on any atom is -0.492 e. The quantitative estimate of drug-likeness (QED) is 0.835. The monoisotopic (exact) mass is 250 g/mol. The van der Waals surface area contributed by atoms with Crippen LogP contribution in [0.2, 0.25) is 0 Å². The van der Waals surface area contributed by atoms with Gasteiger partial charge in [0.1, 0.15) is 12.4 Å². The molecule has 18 heavy (non-hydrogen) atoms. The fourth-order valence-corrected chi connectivity index (χ4v) is 1.91. The van der Waals surface area contributed by atoms with E-state index in [1.54, 1.807) is 0 Å². The Hall–Kier alpha value is -1.26. The summed E-state index contributed by atoms with van der Waals surface area (Å²) < 4.78 is 11.1. The average Bonchev–Trinajstić information content (AvgIpc) is 2.82. The summed E-state index contributed by atoms with van der Waals surface area (Å²) in [6.07, 6.45) is 1.08. The molecule has 2 rings (SSSR count). The van der Waals surface area contributed by atoms with E-state index in [-0.39, 0.29) is 0 Å². The highest BCUT2D eigenvalue weighted by Gasteiger charge is 2.14. The lowest BCUT2D eigenvalue weighted by Crippen LogP contribution is -2.20. The second-order valence-corrected chi connectivity index (χ2v) is 4.88. The molecule has 1 unspecified atom stereocenters. The van der Waals surface area contributed by atoms with Crippen molar-refractivity contribution in [1.29, 1.82) is 0 Å². The van der Waals surface area contributed by atoms with E-state index in [0.29, 0.717) is 12.6 Å². The minimum atomic E-state index is 0.432. The normalized spacial score (nSPS) is 19.2. The Kier molecular flexibility index (Phi) is 4.84. The highest BCUT2D eigenvalue weighted by molar-refractivity contribution is 5.49. The molecule has 1 saturated heterocycles. The number of hydrogen-bond donors (Lipinski definition) is 1. The molecule has 0 bridgehead atoms. The van der Waals surface area contributed by atoms with Crippen LogP contribution in [-0.4, -0.2) is 51.4 Å². The molecule has 100 valence electrons. The van der Waals surface area contributed by atoms with Gasteiger partial charge in [-0.3, -0.25) is 0 Å². The van der Waals surface area contributed by atoms with Crippen LogP contribution < -0.4 is 10.1 Å². The first-order valence-corrected chi connectivity index (χ1v) is 6.46. The molecule has 0 amide bonds. The number of hydrogen-bond acceptors (Lipinski definition) is 4. The predicted octanol–water partition coefficient (Wildman–Crippen LogP) is 1.83. The van der Waals surface area contributed by atoms with Crippen LogP contribution in [0, 0.1) is 0 Å². The summed E-state index contributed by atoms with van der Waals surface area (Å²) in [4.78, 5) is 2.11. The van der Waals surface area contributed by atoms with Crippen molar-refractivity contribution in [3.8, 4) is 5.75 Å². The number of likely N-dealkylation sites (N-methyl/N-ethyl adjacent to an activating group) is 1. The Morgan fingerprint density at radius 1 is 1.44 bits per heavy atom. The zero-order chi connectivity index (χ0) is 12.8. The van der Waals surface area contributed by atoms with E-state index in [1.807, 2.05) is 32.3 Å². The third-order valence-electron chi connectivity index (χ3n) is 2.94. The molecule has 1 aliphatic heterocycles. The van der Waals surface area contributed by atoms with Crippen LogP contribution in [0.25, 0.3) is 0 Å². The molecule has 1 atom stereocenters. The first-order valence-electron chi connectivity index (χ1n) is 6.46. The number of rotatable bonds is 6. The van der Waals surface area contributed by atoms with Gasteiger partial charge >= 0.3 is 0 Å². The van der Waals surface area contributed by atoms with E-state index in [4.69, 9.17) is 9.47 Å². The Balaban J connectivity index is 1.84. The maximum atomic E-state index is 5.71. The molecule has 4 nitrogen and oxygen atoms in total. The minimum absolute atomic E-state index is 0.432. The standard InChI is InChI=1S/C14H22N2O2/c1-16(2)7-9-18-14-5-3-4-12(10-14)15-13-6-8-17-11-13/h3-5,10,13,15H,6-9,11H2,1-2H3. The topological polar surface area (TPSA) is 33.7 Å². The van der Waals surface area contributed by atoms with Crippen LogP contribution in [0.15, 0.2) is 24.3 Å². The van der Waals surface area contributed by atoms with Gasteiger partial charge in [0.05, 0.1) is 12.6 Å². The van der Waals surface area contributed by atoms with Crippen LogP contribution in [0.3, 0.4) is 0 Å². The summed E-state index contributed by atoms with van der Waals surface area (Å²) in [6, 6.07) is 8.56. The number of ether oxygens (including phenoxy) is 2. The van der Waals surface area contributed by atoms with Gasteiger partial charge in [-0.25, -0.2) is 0 Å². The predicted molar refractivity (Wildman–Crippen MR) is 73.3 cm³/mol. The summed E-state index contributed by atoms with van der Waals surface area (Å²) in [5, 5.41) is 3.47. The zero-order valence-electron chi connectivity index (χ0n) is 11.2. The van der Waals surface area contributed by atoms with E-state index >= 15 is 0 Å². The van der Waals surface area contributed by atoms with E-state index in [0.717, 1.165) is 37.6 Å². The highest BCUT2D eigenvalue weighted by atomic mass is 16.5. The Labute approximate surface area is 109 Å². The van der Waals surface area contributed by atoms with Gasteiger partial charge < -0.3 is 19.7 Å². The third-order valence-corrected chi connectivity index (χ3v) is 2.94. The van der Waals surface area contributed by atoms with Crippen LogP contribution >= 0.6 is 0 Å². The van der Waals surface area contributed by atoms with Crippen LogP contribution in [0.5, 0.6) is 5.75 Å². The Bertz CT molecular complexity index is 363. The summed E-state index contributed by atoms with van der Waals surface area (Å²) in [6.45, 7) is 3.29. The molecular weight excluding hydrogens is 228 g/mol. The van der Waals surface area contributed by atoms with E-state index in [1.165, 1.54) is 0 Å². The first-order chi connectivity index (χ1) is 8.74. The first kappa shape index (κ1) is 13.2. The second-order valence-electron chi connectivity index (χ2n) is 4.88. The van der Waals surface area contributed by atoms with Crippen molar-refractivity contribution in [2.24, 2.45) is 0 Å². The van der Waals surface area contributed by atoms with Gasteiger partial charge in [-0.05, 0) is 32.6 Å². The number of nitrogens with one attached hydrogen (secondary N) is 1. The molecule has 0 radical (unpaired) electrons. The summed E-state index contributed by atoms with van der Waals surface area (Å²) >= 11 is 0. The zero-order valence-corrected chi connectivity index (χ0v) is 11.2. The van der Waals surface area contributed by atoms with Gasteiger partial charge in [-0.15, -0.1) is 0 Å². The van der Waals surface area contributed by atoms with Crippen molar-refractivity contribution in [3.05, 3.63) is 24.3 Å². The van der Waals surface area contributed by atoms with Crippen LogP contribution in [0.4, 0.5) is 5.69 Å². The fraction of sp³-hybridized carbons (Fsp3) is 0.571. The van der Waals surface area contributed by atoms with Crippen molar-refractivity contribution in [3.63, 3.8) is 0 Å². The van der Waals surface area contributed by atoms with Crippen molar-refractivity contribution >= 4 is 5.69 Å². The molecular formula is C14H22N2O2. The van der Waals surface area contributed by atoms with Crippen molar-refractivity contribution < 1.29 is 9.47 Å². The van der Waals surface area contributed by atoms with Crippen molar-refractivity contribution in [2.75, 3.05) is 45.8 Å². The number of benzene rings is 1. The van der Waals surface area contributed by atoms with Crippen molar-refractivity contribution in [1.82, 2.24) is 4.90 Å². The molecule has 4 heteroatoms. The molecule has 1 aromatic rings. The lowest BCUT2D eigenvalue weighted by atomic mass is 10.2. The SMILES string of the molecule is CN(C)CCOc1cccc(NC2CCOC2)c1. The lowest BCUT2D eigenvalue weighted by Gasteiger charge is -2.14. The highest BCUT2D eigenvalue weighted by Crippen LogP contribution is 2.19. The molecule has 0 aromatic heterocycles. The van der Waals surface area contributed by atoms with Crippen LogP contribution in [0.1, 0.15) is 6.42 Å². The molecule has 1 heterocycles. The maximum Gasteiger partial charge on any atom is 0.121 e. The number of anilines is 1. The summed E-state index contributed by atoms with van der Waals surface area (Å²) in [5.74, 6) is 0.917. The second kappa shape index (κ2) is 6.61. The molecule has 1 aromatic carbocycles. The van der Waals surface area contributed by atoms with Crippen LogP contribution in [-0.2, 0) is 4.74 Å². The van der Waals surface area contributed by atoms with Gasteiger partial charge in [0.15, 0.2) is 0 Å². The Morgan fingerprint density at radius 3 is 3.06 bits per heavy atom. The average molecular weight is 250 g/mol. The maximum absolute atomic E-state index is 5.71. The molecule has 0 aliphatic carbocycles. The molecule has 0 saturated carbocycles. The fourth-order valence-electron chi connectivity index (χ4n) is 1.91. The molecule has 1 aliphatic rings. The smallest absolute Gasteiger partial charge is 0.121 e. The largest absolute Gasteiger partial charge is 0.492 e. The van der Waals surface area contributed by atoms with Gasteiger partial charge in [0.2, 0.25) is 0 Å². The van der Waals surface area contributed by atoms with Gasteiger partial charge in [-0.2, -0.15) is 0 Å². The van der Waals surface area contributed by atoms with Crippen molar-refractivity contribution in [2.45, 2.75) is 12.5 Å². The summed E-state index contributed by atoms with van der Waals surface area (Å²) in [5.41, 5.74) is 1.10. The van der Waals surface area contributed by atoms with E-state index in [9.17, 15) is 0 Å². The summed E-state index contributed by atoms with van der Waals surface area (Å²) in [7, 11) is 4.09. The lowest BCUT2D eigenvalue weighted by molar-refractivity contribution is 0.195. The third kappa shape index (κ3) is 4.20. The number of nitrogens with zero attached hydrogens (tertiary/aromatic N) is 1. The van der Waals surface area contributed by atoms with Gasteiger partial charge in [0.25, 0.3) is 0 Å². The van der Waals surface area contributed by atoms with Gasteiger partial charge in [0, 0.05) is 24.9 Å². The van der Waals surface area contributed by atoms with E-state index in [2.05, 4.69) is 16.3 Å². The molecule has 1 fully saturated rings. The van der Waals surface area contributed by atoms with Gasteiger partial charge in [-0.1, -0.05) is 6.07 Å². The van der Waals surface area contributed by atoms with E-state index < -0.39 is 0 Å². The molecule has 0 spiro atoms.